The lowest BCUT2D eigenvalue weighted by Gasteiger charge is -2.57. The van der Waals surface area contributed by atoms with Crippen LogP contribution in [0.25, 0.3) is 0 Å². The van der Waals surface area contributed by atoms with Gasteiger partial charge in [-0.05, 0) is 61.4 Å². The largest absolute Gasteiger partial charge is 0.474 e. The van der Waals surface area contributed by atoms with E-state index in [0.717, 1.165) is 30.2 Å². The van der Waals surface area contributed by atoms with Crippen molar-refractivity contribution in [3.63, 3.8) is 0 Å². The predicted octanol–water partition coefficient (Wildman–Crippen LogP) is 3.06. The number of nitrogens with one attached hydrogen (secondary N) is 1. The van der Waals surface area contributed by atoms with Crippen LogP contribution in [0.3, 0.4) is 0 Å². The molecule has 0 radical (unpaired) electrons. The monoisotopic (exact) mass is 429 g/mol. The molecule has 2 saturated carbocycles. The predicted molar refractivity (Wildman–Crippen MR) is 103 cm³/mol. The Morgan fingerprint density at radius 1 is 1.19 bits per heavy atom. The Hall–Kier alpha value is -2.41. The summed E-state index contributed by atoms with van der Waals surface area (Å²) in [7, 11) is 0. The smallest absolute Gasteiger partial charge is 0.254 e. The van der Waals surface area contributed by atoms with Crippen LogP contribution in [-0.4, -0.2) is 28.9 Å². The lowest BCUT2D eigenvalue weighted by atomic mass is 9.53. The number of aromatic nitrogens is 1. The third kappa shape index (κ3) is 3.69. The Kier molecular flexibility index (Phi) is 4.63. The number of rotatable bonds is 5. The van der Waals surface area contributed by atoms with Gasteiger partial charge in [-0.2, -0.15) is 0 Å². The van der Waals surface area contributed by atoms with Gasteiger partial charge in [0.25, 0.3) is 11.8 Å². The highest BCUT2D eigenvalue weighted by Gasteiger charge is 2.54. The summed E-state index contributed by atoms with van der Waals surface area (Å²) in [6.45, 7) is 0. The summed E-state index contributed by atoms with van der Waals surface area (Å²) in [5, 5.41) is 3.10. The maximum atomic E-state index is 12.3. The molecule has 7 heteroatoms. The van der Waals surface area contributed by atoms with E-state index in [4.69, 9.17) is 10.5 Å². The van der Waals surface area contributed by atoms with Crippen LogP contribution in [0.5, 0.6) is 5.88 Å². The van der Waals surface area contributed by atoms with Crippen LogP contribution in [0.4, 0.5) is 0 Å². The maximum absolute atomic E-state index is 12.3. The molecule has 140 valence electrons. The van der Waals surface area contributed by atoms with Crippen LogP contribution in [0, 0.1) is 5.41 Å². The van der Waals surface area contributed by atoms with Gasteiger partial charge in [-0.25, -0.2) is 4.98 Å². The molecule has 0 aliphatic heterocycles. The molecule has 1 heterocycles. The normalized spacial score (nSPS) is 26.0. The van der Waals surface area contributed by atoms with Crippen molar-refractivity contribution in [2.45, 2.75) is 37.8 Å². The van der Waals surface area contributed by atoms with E-state index in [1.807, 2.05) is 24.3 Å². The van der Waals surface area contributed by atoms with Crippen molar-refractivity contribution in [2.75, 3.05) is 0 Å². The van der Waals surface area contributed by atoms with Crippen LogP contribution < -0.4 is 15.8 Å². The second-order valence-electron chi connectivity index (χ2n) is 7.46. The van der Waals surface area contributed by atoms with Gasteiger partial charge < -0.3 is 15.8 Å². The zero-order chi connectivity index (χ0) is 19.0. The number of nitrogens with zero attached hydrogens (tertiary/aromatic N) is 1. The van der Waals surface area contributed by atoms with E-state index in [1.54, 1.807) is 18.3 Å². The molecule has 0 atom stereocenters. The van der Waals surface area contributed by atoms with Crippen LogP contribution in [-0.2, 0) is 0 Å². The second kappa shape index (κ2) is 6.96. The highest BCUT2D eigenvalue weighted by Crippen LogP contribution is 2.56. The zero-order valence-electron chi connectivity index (χ0n) is 14.7. The molecule has 6 nitrogen and oxygen atoms in total. The van der Waals surface area contributed by atoms with Gasteiger partial charge in [0.15, 0.2) is 0 Å². The van der Waals surface area contributed by atoms with Gasteiger partial charge in [-0.3, -0.25) is 9.59 Å². The molecule has 2 aromatic rings. The molecule has 3 N–H and O–H groups in total. The van der Waals surface area contributed by atoms with Crippen molar-refractivity contribution in [1.29, 1.82) is 0 Å². The average molecular weight is 430 g/mol. The van der Waals surface area contributed by atoms with Gasteiger partial charge in [0.05, 0.1) is 0 Å². The van der Waals surface area contributed by atoms with E-state index < -0.39 is 5.91 Å². The minimum Gasteiger partial charge on any atom is -0.474 e. The zero-order valence-corrected chi connectivity index (χ0v) is 16.2. The number of carbonyl (C=O) groups is 2. The van der Waals surface area contributed by atoms with E-state index in [9.17, 15) is 9.59 Å². The number of benzene rings is 1. The van der Waals surface area contributed by atoms with Crippen molar-refractivity contribution in [1.82, 2.24) is 10.3 Å². The van der Waals surface area contributed by atoms with E-state index in [2.05, 4.69) is 26.2 Å². The SMILES string of the molecule is NC(=O)c1cccnc1O[C@H]1CC2(C[C@H](NC(=O)c3cccc(Br)c3)C2)C1. The van der Waals surface area contributed by atoms with Crippen LogP contribution in [0.2, 0.25) is 0 Å². The first-order valence-corrected chi connectivity index (χ1v) is 9.71. The molecule has 1 spiro atoms. The first kappa shape index (κ1) is 18.0. The minimum atomic E-state index is -0.536. The fraction of sp³-hybridized carbons (Fsp3) is 0.350. The summed E-state index contributed by atoms with van der Waals surface area (Å²) in [6.07, 6.45) is 5.36. The van der Waals surface area contributed by atoms with Gasteiger partial charge in [-0.1, -0.05) is 22.0 Å². The summed E-state index contributed by atoms with van der Waals surface area (Å²) in [4.78, 5) is 27.9. The Labute approximate surface area is 165 Å². The molecular weight excluding hydrogens is 410 g/mol. The van der Waals surface area contributed by atoms with Gasteiger partial charge >= 0.3 is 0 Å². The van der Waals surface area contributed by atoms with Crippen LogP contribution >= 0.6 is 15.9 Å². The molecule has 1 aromatic carbocycles. The number of nitrogens with two attached hydrogens (primary N) is 1. The molecule has 2 amide bonds. The summed E-state index contributed by atoms with van der Waals surface area (Å²) in [5.41, 5.74) is 6.57. The van der Waals surface area contributed by atoms with Crippen molar-refractivity contribution >= 4 is 27.7 Å². The fourth-order valence-electron chi connectivity index (χ4n) is 4.14. The highest BCUT2D eigenvalue weighted by atomic mass is 79.9. The summed E-state index contributed by atoms with van der Waals surface area (Å²) in [5.74, 6) is -0.266. The van der Waals surface area contributed by atoms with E-state index in [0.29, 0.717) is 17.0 Å². The van der Waals surface area contributed by atoms with Gasteiger partial charge in [0.2, 0.25) is 5.88 Å². The number of ether oxygens (including phenoxy) is 1. The first-order valence-electron chi connectivity index (χ1n) is 8.92. The summed E-state index contributed by atoms with van der Waals surface area (Å²) < 4.78 is 6.76. The third-order valence-electron chi connectivity index (χ3n) is 5.42. The molecule has 27 heavy (non-hydrogen) atoms. The standard InChI is InChI=1S/C20H20BrN3O3/c21-13-4-1-3-12(7-13)18(26)24-14-8-20(9-14)10-15(11-20)27-19-16(17(22)25)5-2-6-23-19/h1-7,14-15H,8-11H2,(H2,22,25)(H,24,26)/t14-,15-,20?. The molecular formula is C20H20BrN3O3. The van der Waals surface area contributed by atoms with E-state index in [-0.39, 0.29) is 23.5 Å². The van der Waals surface area contributed by atoms with Gasteiger partial charge in [0.1, 0.15) is 11.7 Å². The van der Waals surface area contributed by atoms with Crippen molar-refractivity contribution < 1.29 is 14.3 Å². The Bertz CT molecular complexity index is 888. The number of carbonyl (C=O) groups excluding carboxylic acids is 2. The summed E-state index contributed by atoms with van der Waals surface area (Å²) >= 11 is 3.39. The number of hydrogen-bond acceptors (Lipinski definition) is 4. The highest BCUT2D eigenvalue weighted by molar-refractivity contribution is 9.10. The summed E-state index contributed by atoms with van der Waals surface area (Å²) in [6, 6.07) is 10.9. The van der Waals surface area contributed by atoms with Crippen LogP contribution in [0.15, 0.2) is 47.1 Å². The molecule has 0 unspecified atom stereocenters. The van der Waals surface area contributed by atoms with Gasteiger partial charge in [0, 0.05) is 22.3 Å². The first-order chi connectivity index (χ1) is 12.9. The minimum absolute atomic E-state index is 0.0390. The van der Waals surface area contributed by atoms with Gasteiger partial charge in [-0.15, -0.1) is 0 Å². The molecule has 0 saturated heterocycles. The van der Waals surface area contributed by atoms with Crippen molar-refractivity contribution in [3.05, 3.63) is 58.2 Å². The lowest BCUT2D eigenvalue weighted by molar-refractivity contribution is -0.0848. The second-order valence-corrected chi connectivity index (χ2v) is 8.37. The van der Waals surface area contributed by atoms with E-state index in [1.165, 1.54) is 0 Å². The molecule has 1 aromatic heterocycles. The molecule has 4 rings (SSSR count). The van der Waals surface area contributed by atoms with E-state index >= 15 is 0 Å². The molecule has 0 bridgehead atoms. The number of pyridine rings is 1. The Morgan fingerprint density at radius 3 is 2.67 bits per heavy atom. The molecule has 2 fully saturated rings. The Balaban J connectivity index is 1.27. The maximum Gasteiger partial charge on any atom is 0.254 e. The third-order valence-corrected chi connectivity index (χ3v) is 5.91. The number of halogens is 1. The van der Waals surface area contributed by atoms with Crippen molar-refractivity contribution in [2.24, 2.45) is 11.1 Å². The molecule has 2 aliphatic rings. The fourth-order valence-corrected chi connectivity index (χ4v) is 4.54. The quantitative estimate of drug-likeness (QED) is 0.763. The average Bonchev–Trinajstić information content (AvgIpc) is 2.58. The molecule has 2 aliphatic carbocycles. The Morgan fingerprint density at radius 2 is 1.96 bits per heavy atom. The lowest BCUT2D eigenvalue weighted by Crippen LogP contribution is -2.58. The number of amides is 2. The topological polar surface area (TPSA) is 94.3 Å². The van der Waals surface area contributed by atoms with Crippen molar-refractivity contribution in [3.8, 4) is 5.88 Å². The van der Waals surface area contributed by atoms with Crippen LogP contribution in [0.1, 0.15) is 46.4 Å². The number of primary amides is 1. The number of hydrogen-bond donors (Lipinski definition) is 2.